The molecule has 3 aromatic rings. The van der Waals surface area contributed by atoms with Crippen molar-refractivity contribution in [3.8, 4) is 5.75 Å². The molecule has 2 aromatic heterocycles. The topological polar surface area (TPSA) is 93.9 Å². The van der Waals surface area contributed by atoms with Crippen LogP contribution in [-0.4, -0.2) is 59.8 Å². The first-order chi connectivity index (χ1) is 16.6. The molecule has 0 atom stereocenters. The smallest absolute Gasteiger partial charge is 0.308 e. The van der Waals surface area contributed by atoms with Gasteiger partial charge in [0.25, 0.3) is 5.91 Å². The number of carbonyl (C=O) groups excluding carboxylic acids is 2. The summed E-state index contributed by atoms with van der Waals surface area (Å²) in [4.78, 5) is 36.3. The number of carbonyl (C=O) groups is 2. The Labute approximate surface area is 202 Å². The van der Waals surface area contributed by atoms with Crippen LogP contribution in [0, 0.1) is 5.82 Å². The van der Waals surface area contributed by atoms with Gasteiger partial charge < -0.3 is 18.8 Å². The summed E-state index contributed by atoms with van der Waals surface area (Å²) in [5.41, 5.74) is 2.77. The Morgan fingerprint density at radius 3 is 2.54 bits per heavy atom. The zero-order chi connectivity index (χ0) is 25.3. The first-order valence-corrected chi connectivity index (χ1v) is 14.1. The maximum absolute atomic E-state index is 13.7. The minimum Gasteiger partial charge on any atom is -0.422 e. The van der Waals surface area contributed by atoms with Gasteiger partial charge in [-0.2, -0.15) is 0 Å². The van der Waals surface area contributed by atoms with Crippen molar-refractivity contribution in [2.24, 2.45) is 4.99 Å². The van der Waals surface area contributed by atoms with Crippen LogP contribution in [0.25, 0.3) is 10.9 Å². The van der Waals surface area contributed by atoms with Crippen molar-refractivity contribution >= 4 is 29.9 Å². The predicted octanol–water partition coefficient (Wildman–Crippen LogP) is 3.45. The van der Waals surface area contributed by atoms with E-state index in [0.29, 0.717) is 48.6 Å². The summed E-state index contributed by atoms with van der Waals surface area (Å²) in [6.07, 6.45) is 2.44. The van der Waals surface area contributed by atoms with E-state index in [-0.39, 0.29) is 23.2 Å². The van der Waals surface area contributed by atoms with Crippen LogP contribution >= 0.6 is 7.14 Å². The number of benzene rings is 1. The van der Waals surface area contributed by atoms with Crippen LogP contribution in [-0.2, 0) is 28.5 Å². The molecule has 35 heavy (non-hydrogen) atoms. The Morgan fingerprint density at radius 2 is 1.91 bits per heavy atom. The fourth-order valence-corrected chi connectivity index (χ4v) is 5.53. The number of fused-ring (bicyclic) bond motifs is 2. The first-order valence-electron chi connectivity index (χ1n) is 11.3. The maximum Gasteiger partial charge on any atom is 0.308 e. The third kappa shape index (κ3) is 5.20. The van der Waals surface area contributed by atoms with Crippen LogP contribution in [0.4, 0.5) is 4.39 Å². The van der Waals surface area contributed by atoms with Crippen molar-refractivity contribution in [3.63, 3.8) is 0 Å². The maximum atomic E-state index is 13.7. The minimum atomic E-state index is -2.44. The summed E-state index contributed by atoms with van der Waals surface area (Å²) >= 11 is 0. The van der Waals surface area contributed by atoms with Crippen LogP contribution in [0.15, 0.2) is 41.5 Å². The molecule has 0 bridgehead atoms. The van der Waals surface area contributed by atoms with Crippen molar-refractivity contribution in [1.29, 1.82) is 0 Å². The molecular formula is C25H28FN4O4P. The molecule has 0 saturated heterocycles. The molecule has 8 nitrogen and oxygen atoms in total. The van der Waals surface area contributed by atoms with Gasteiger partial charge in [0.1, 0.15) is 16.8 Å². The molecule has 0 saturated carbocycles. The van der Waals surface area contributed by atoms with E-state index in [1.54, 1.807) is 54.2 Å². The number of esters is 1. The number of hydrogen-bond donors (Lipinski definition) is 0. The monoisotopic (exact) mass is 498 g/mol. The zero-order valence-corrected chi connectivity index (χ0v) is 21.1. The number of hydrogen-bond acceptors (Lipinski definition) is 6. The summed E-state index contributed by atoms with van der Waals surface area (Å²) in [6, 6.07) is 7.98. The molecule has 1 aliphatic rings. The largest absolute Gasteiger partial charge is 0.422 e. The van der Waals surface area contributed by atoms with E-state index in [9.17, 15) is 18.5 Å². The normalized spacial score (nSPS) is 14.4. The molecule has 184 valence electrons. The second-order valence-corrected chi connectivity index (χ2v) is 12.5. The average Bonchev–Trinajstić information content (AvgIpc) is 2.78. The average molecular weight is 498 g/mol. The van der Waals surface area contributed by atoms with E-state index >= 15 is 0 Å². The predicted molar refractivity (Wildman–Crippen MR) is 132 cm³/mol. The van der Waals surface area contributed by atoms with Gasteiger partial charge in [0.2, 0.25) is 0 Å². The van der Waals surface area contributed by atoms with E-state index in [0.717, 1.165) is 11.1 Å². The van der Waals surface area contributed by atoms with Gasteiger partial charge in [0.15, 0.2) is 11.4 Å². The number of nitrogens with zero attached hydrogens (tertiary/aromatic N) is 4. The van der Waals surface area contributed by atoms with Gasteiger partial charge in [-0.15, -0.1) is 0 Å². The molecule has 10 heteroatoms. The standard InChI is InChI=1S/C25H28FN4O4P/c1-16(31)34-23-21-20(18(9-11-28-21)15-35(3,4)33)24(27-2)30-14-13-29(25(32)22(23)30)12-10-17-5-7-19(26)8-6-17/h5-9,11H,10,12-15H2,1-4H3/b27-24-. The summed E-state index contributed by atoms with van der Waals surface area (Å²) in [7, 11) is -0.810. The summed E-state index contributed by atoms with van der Waals surface area (Å²) in [6.45, 7) is 5.98. The highest BCUT2D eigenvalue weighted by Crippen LogP contribution is 2.42. The molecule has 4 rings (SSSR count). The number of ether oxygens (including phenoxy) is 1. The van der Waals surface area contributed by atoms with Gasteiger partial charge in [-0.25, -0.2) is 4.39 Å². The third-order valence-electron chi connectivity index (χ3n) is 5.89. The van der Waals surface area contributed by atoms with Gasteiger partial charge in [0.05, 0.1) is 12.5 Å². The molecule has 0 N–H and O–H groups in total. The Kier molecular flexibility index (Phi) is 6.90. The Bertz CT molecular complexity index is 1430. The van der Waals surface area contributed by atoms with Crippen molar-refractivity contribution in [3.05, 3.63) is 64.7 Å². The summed E-state index contributed by atoms with van der Waals surface area (Å²) in [5.74, 6) is -1.10. The van der Waals surface area contributed by atoms with Gasteiger partial charge in [-0.05, 0) is 49.1 Å². The molecule has 3 heterocycles. The lowest BCUT2D eigenvalue weighted by Gasteiger charge is -2.32. The zero-order valence-electron chi connectivity index (χ0n) is 20.2. The molecular weight excluding hydrogens is 470 g/mol. The van der Waals surface area contributed by atoms with Gasteiger partial charge >= 0.3 is 5.97 Å². The number of amides is 1. The number of pyridine rings is 2. The van der Waals surface area contributed by atoms with Crippen molar-refractivity contribution in [2.45, 2.75) is 26.1 Å². The second-order valence-electron chi connectivity index (χ2n) is 9.06. The van der Waals surface area contributed by atoms with Gasteiger partial charge in [-0.1, -0.05) is 12.1 Å². The van der Waals surface area contributed by atoms with E-state index in [2.05, 4.69) is 9.98 Å². The highest BCUT2D eigenvalue weighted by atomic mass is 31.2. The molecule has 0 unspecified atom stereocenters. The van der Waals surface area contributed by atoms with Crippen LogP contribution in [0.3, 0.4) is 0 Å². The molecule has 0 fully saturated rings. The molecule has 1 aromatic carbocycles. The second kappa shape index (κ2) is 9.74. The lowest BCUT2D eigenvalue weighted by molar-refractivity contribution is -0.131. The quantitative estimate of drug-likeness (QED) is 0.383. The van der Waals surface area contributed by atoms with Crippen molar-refractivity contribution < 1.29 is 23.3 Å². The van der Waals surface area contributed by atoms with Crippen molar-refractivity contribution in [2.75, 3.05) is 33.5 Å². The Hall–Kier alpha value is -3.32. The van der Waals surface area contributed by atoms with E-state index < -0.39 is 13.1 Å². The Balaban J connectivity index is 1.85. The third-order valence-corrected chi connectivity index (χ3v) is 6.99. The van der Waals surface area contributed by atoms with E-state index in [1.807, 2.05) is 0 Å². The van der Waals surface area contributed by atoms with Crippen LogP contribution in [0.1, 0.15) is 28.5 Å². The number of halogens is 1. The SMILES string of the molecule is C/N=c1/c2c(CP(C)(C)=O)ccnc2c(OC(C)=O)c2n1CCN(CCc1ccc(F)cc1)C2=O. The first kappa shape index (κ1) is 24.8. The molecule has 1 amide bonds. The highest BCUT2D eigenvalue weighted by molar-refractivity contribution is 7.61. The van der Waals surface area contributed by atoms with Gasteiger partial charge in [-0.3, -0.25) is 19.6 Å². The summed E-state index contributed by atoms with van der Waals surface area (Å²) < 4.78 is 33.2. The number of rotatable bonds is 6. The van der Waals surface area contributed by atoms with Gasteiger partial charge in [0, 0.05) is 46.0 Å². The Morgan fingerprint density at radius 1 is 1.20 bits per heavy atom. The highest BCUT2D eigenvalue weighted by Gasteiger charge is 2.32. The van der Waals surface area contributed by atoms with Crippen LogP contribution < -0.4 is 10.2 Å². The summed E-state index contributed by atoms with van der Waals surface area (Å²) in [5, 5.41) is 0.631. The van der Waals surface area contributed by atoms with E-state index in [1.165, 1.54) is 19.1 Å². The number of aromatic nitrogens is 2. The lowest BCUT2D eigenvalue weighted by atomic mass is 10.1. The molecule has 0 radical (unpaired) electrons. The lowest BCUT2D eigenvalue weighted by Crippen LogP contribution is -2.46. The van der Waals surface area contributed by atoms with Crippen molar-refractivity contribution in [1.82, 2.24) is 14.5 Å². The minimum absolute atomic E-state index is 0.0836. The molecule has 1 aliphatic heterocycles. The van der Waals surface area contributed by atoms with Crippen LogP contribution in [0.5, 0.6) is 5.75 Å². The van der Waals surface area contributed by atoms with E-state index in [4.69, 9.17) is 4.74 Å². The van der Waals surface area contributed by atoms with Crippen LogP contribution in [0.2, 0.25) is 0 Å². The molecule has 0 spiro atoms. The fraction of sp³-hybridized carbons (Fsp3) is 0.360. The molecule has 0 aliphatic carbocycles. The fourth-order valence-electron chi connectivity index (χ4n) is 4.44.